The van der Waals surface area contributed by atoms with Crippen LogP contribution in [0, 0.1) is 19.8 Å². The van der Waals surface area contributed by atoms with E-state index in [4.69, 9.17) is 0 Å². The highest BCUT2D eigenvalue weighted by Crippen LogP contribution is 2.23. The topological polar surface area (TPSA) is 79.1 Å². The Labute approximate surface area is 164 Å². The molecule has 0 bridgehead atoms. The third kappa shape index (κ3) is 3.43. The number of aliphatic hydroxyl groups is 1. The summed E-state index contributed by atoms with van der Waals surface area (Å²) in [5, 5.41) is 17.8. The van der Waals surface area contributed by atoms with Gasteiger partial charge < -0.3 is 5.11 Å². The molecule has 1 saturated heterocycles. The van der Waals surface area contributed by atoms with Gasteiger partial charge in [-0.05, 0) is 38.5 Å². The summed E-state index contributed by atoms with van der Waals surface area (Å²) in [6.45, 7) is 5.83. The number of para-hydroxylation sites is 1. The van der Waals surface area contributed by atoms with Crippen LogP contribution in [0.25, 0.3) is 5.69 Å². The zero-order chi connectivity index (χ0) is 19.8. The number of β-amino-alcohol motifs (C(OH)–C–C–N with tert-alkyl or cyclic N) is 1. The molecule has 4 rings (SSSR count). The highest BCUT2D eigenvalue weighted by Gasteiger charge is 2.33. The molecule has 0 radical (unpaired) electrons. The molecule has 7 heteroatoms. The Morgan fingerprint density at radius 2 is 1.96 bits per heavy atom. The van der Waals surface area contributed by atoms with Crippen LogP contribution >= 0.6 is 0 Å². The molecule has 1 fully saturated rings. The van der Waals surface area contributed by atoms with Gasteiger partial charge in [-0.15, -0.1) is 0 Å². The van der Waals surface area contributed by atoms with Crippen molar-refractivity contribution >= 4 is 0 Å². The second kappa shape index (κ2) is 7.41. The number of nitrogens with one attached hydrogen (secondary N) is 1. The van der Waals surface area contributed by atoms with Crippen LogP contribution in [0.15, 0.2) is 41.2 Å². The van der Waals surface area contributed by atoms with Crippen molar-refractivity contribution in [2.24, 2.45) is 13.0 Å². The van der Waals surface area contributed by atoms with E-state index in [9.17, 15) is 9.90 Å². The van der Waals surface area contributed by atoms with Gasteiger partial charge in [0.2, 0.25) is 0 Å². The van der Waals surface area contributed by atoms with Crippen molar-refractivity contribution in [2.45, 2.75) is 32.9 Å². The number of hydrogen-bond acceptors (Lipinski definition) is 4. The van der Waals surface area contributed by atoms with Gasteiger partial charge in [0, 0.05) is 44.0 Å². The minimum atomic E-state index is -0.405. The van der Waals surface area contributed by atoms with E-state index in [1.54, 1.807) is 4.68 Å². The number of hydrogen-bond donors (Lipinski definition) is 2. The lowest BCUT2D eigenvalue weighted by Crippen LogP contribution is -2.26. The molecule has 3 heterocycles. The Balaban J connectivity index is 1.53. The molecule has 0 unspecified atom stereocenters. The van der Waals surface area contributed by atoms with Crippen molar-refractivity contribution in [3.05, 3.63) is 69.4 Å². The van der Waals surface area contributed by atoms with Gasteiger partial charge in [0.05, 0.1) is 23.0 Å². The molecule has 7 nitrogen and oxygen atoms in total. The van der Waals surface area contributed by atoms with E-state index in [0.717, 1.165) is 41.3 Å². The van der Waals surface area contributed by atoms with Gasteiger partial charge in [-0.1, -0.05) is 18.2 Å². The summed E-state index contributed by atoms with van der Waals surface area (Å²) < 4.78 is 3.62. The number of aromatic amines is 1. The van der Waals surface area contributed by atoms with E-state index in [1.807, 2.05) is 62.0 Å². The molecule has 2 atom stereocenters. The first-order valence-corrected chi connectivity index (χ1v) is 9.68. The summed E-state index contributed by atoms with van der Waals surface area (Å²) in [6.07, 6.45) is 0.335. The Morgan fingerprint density at radius 3 is 2.64 bits per heavy atom. The van der Waals surface area contributed by atoms with Crippen molar-refractivity contribution in [2.75, 3.05) is 13.1 Å². The van der Waals surface area contributed by atoms with E-state index < -0.39 is 6.10 Å². The van der Waals surface area contributed by atoms with Crippen LogP contribution in [0.2, 0.25) is 0 Å². The van der Waals surface area contributed by atoms with Gasteiger partial charge in [0.1, 0.15) is 0 Å². The van der Waals surface area contributed by atoms with Crippen molar-refractivity contribution in [3.63, 3.8) is 0 Å². The molecule has 0 saturated carbocycles. The Kier molecular flexibility index (Phi) is 4.95. The molecule has 1 aliphatic rings. The number of aliphatic hydroxyl groups excluding tert-OH is 1. The summed E-state index contributed by atoms with van der Waals surface area (Å²) >= 11 is 0. The standard InChI is InChI=1S/C21H27N5O2/c1-14-9-17(23-22-14)10-16-11-25(13-20(16)27)12-19-15(2)24(3)26(21(19)28)18-7-5-4-6-8-18/h4-9,16,20,27H,10-13H2,1-3H3,(H,22,23)/t16-,20+/m1/s1. The third-order valence-corrected chi connectivity index (χ3v) is 5.77. The lowest BCUT2D eigenvalue weighted by Gasteiger charge is -2.14. The molecule has 0 amide bonds. The SMILES string of the molecule is Cc1cc(C[C@@H]2CN(Cc3c(C)n(C)n(-c4ccccc4)c3=O)C[C@@H]2O)n[nH]1. The van der Waals surface area contributed by atoms with E-state index in [0.29, 0.717) is 13.1 Å². The van der Waals surface area contributed by atoms with Crippen molar-refractivity contribution in [1.29, 1.82) is 0 Å². The monoisotopic (exact) mass is 381 g/mol. The van der Waals surface area contributed by atoms with Crippen LogP contribution in [0.1, 0.15) is 22.6 Å². The van der Waals surface area contributed by atoms with Crippen molar-refractivity contribution in [3.8, 4) is 5.69 Å². The largest absolute Gasteiger partial charge is 0.391 e. The number of nitrogens with zero attached hydrogens (tertiary/aromatic N) is 4. The minimum Gasteiger partial charge on any atom is -0.391 e. The number of aromatic nitrogens is 4. The molecule has 28 heavy (non-hydrogen) atoms. The molecule has 0 aliphatic carbocycles. The Morgan fingerprint density at radius 1 is 1.21 bits per heavy atom. The quantitative estimate of drug-likeness (QED) is 0.703. The van der Waals surface area contributed by atoms with Crippen molar-refractivity contribution in [1.82, 2.24) is 24.5 Å². The predicted molar refractivity (Wildman–Crippen MR) is 108 cm³/mol. The number of rotatable bonds is 5. The van der Waals surface area contributed by atoms with Gasteiger partial charge in [0.25, 0.3) is 5.56 Å². The Bertz CT molecular complexity index is 1020. The summed E-state index contributed by atoms with van der Waals surface area (Å²) in [6, 6.07) is 11.7. The zero-order valence-corrected chi connectivity index (χ0v) is 16.6. The molecular weight excluding hydrogens is 354 g/mol. The van der Waals surface area contributed by atoms with Gasteiger partial charge >= 0.3 is 0 Å². The first kappa shape index (κ1) is 18.7. The molecule has 148 valence electrons. The maximum absolute atomic E-state index is 13.1. The summed E-state index contributed by atoms with van der Waals surface area (Å²) in [5.74, 6) is 0.128. The average molecular weight is 381 g/mol. The molecular formula is C21H27N5O2. The fourth-order valence-corrected chi connectivity index (χ4v) is 4.15. The average Bonchev–Trinajstić information content (AvgIpc) is 3.30. The lowest BCUT2D eigenvalue weighted by atomic mass is 10.0. The van der Waals surface area contributed by atoms with Gasteiger partial charge in [-0.25, -0.2) is 4.68 Å². The third-order valence-electron chi connectivity index (χ3n) is 5.77. The maximum Gasteiger partial charge on any atom is 0.276 e. The number of benzene rings is 1. The number of likely N-dealkylation sites (tertiary alicyclic amines) is 1. The highest BCUT2D eigenvalue weighted by molar-refractivity contribution is 5.33. The molecule has 2 N–H and O–H groups in total. The van der Waals surface area contributed by atoms with Crippen LogP contribution in [0.3, 0.4) is 0 Å². The fourth-order valence-electron chi connectivity index (χ4n) is 4.15. The van der Waals surface area contributed by atoms with Crippen LogP contribution in [-0.4, -0.2) is 48.8 Å². The van der Waals surface area contributed by atoms with Crippen LogP contribution in [0.5, 0.6) is 0 Å². The van der Waals surface area contributed by atoms with E-state index in [1.165, 1.54) is 0 Å². The van der Waals surface area contributed by atoms with E-state index in [2.05, 4.69) is 15.1 Å². The summed E-state index contributed by atoms with van der Waals surface area (Å²) in [4.78, 5) is 15.3. The zero-order valence-electron chi connectivity index (χ0n) is 16.6. The number of aryl methyl sites for hydroxylation is 1. The second-order valence-corrected chi connectivity index (χ2v) is 7.81. The molecule has 1 aliphatic heterocycles. The van der Waals surface area contributed by atoms with Crippen molar-refractivity contribution < 1.29 is 5.11 Å². The van der Waals surface area contributed by atoms with Crippen LogP contribution < -0.4 is 5.56 Å². The smallest absolute Gasteiger partial charge is 0.276 e. The normalized spacial score (nSPS) is 20.1. The van der Waals surface area contributed by atoms with Gasteiger partial charge in [-0.2, -0.15) is 5.10 Å². The van der Waals surface area contributed by atoms with E-state index in [-0.39, 0.29) is 11.5 Å². The lowest BCUT2D eigenvalue weighted by molar-refractivity contribution is 0.140. The highest BCUT2D eigenvalue weighted by atomic mass is 16.3. The molecule has 0 spiro atoms. The molecule has 3 aromatic rings. The first-order valence-electron chi connectivity index (χ1n) is 9.68. The first-order chi connectivity index (χ1) is 13.4. The van der Waals surface area contributed by atoms with E-state index >= 15 is 0 Å². The van der Waals surface area contributed by atoms with Crippen LogP contribution in [0.4, 0.5) is 0 Å². The Hall–Kier alpha value is -2.64. The predicted octanol–water partition coefficient (Wildman–Crippen LogP) is 1.55. The fraction of sp³-hybridized carbons (Fsp3) is 0.429. The summed E-state index contributed by atoms with van der Waals surface area (Å²) in [7, 11) is 1.91. The van der Waals surface area contributed by atoms with Gasteiger partial charge in [-0.3, -0.25) is 19.5 Å². The minimum absolute atomic E-state index is 0.00654. The molecule has 2 aromatic heterocycles. The summed E-state index contributed by atoms with van der Waals surface area (Å²) in [5.41, 5.74) is 4.61. The second-order valence-electron chi connectivity index (χ2n) is 7.81. The maximum atomic E-state index is 13.1. The molecule has 1 aromatic carbocycles. The van der Waals surface area contributed by atoms with Gasteiger partial charge in [0.15, 0.2) is 0 Å². The number of H-pyrrole nitrogens is 1. The van der Waals surface area contributed by atoms with Crippen LogP contribution in [-0.2, 0) is 20.0 Å².